The minimum atomic E-state index is -3.67. The number of hydrogen-bond donors (Lipinski definition) is 2. The van der Waals surface area contributed by atoms with Crippen LogP contribution in [0.5, 0.6) is 0 Å². The molecule has 1 aliphatic heterocycles. The quantitative estimate of drug-likeness (QED) is 0.666. The van der Waals surface area contributed by atoms with Gasteiger partial charge in [-0.15, -0.1) is 0 Å². The molecule has 1 fully saturated rings. The molecule has 1 unspecified atom stereocenters. The van der Waals surface area contributed by atoms with Crippen molar-refractivity contribution in [3.8, 4) is 0 Å². The first-order valence-electron chi connectivity index (χ1n) is 9.21. The molecule has 0 radical (unpaired) electrons. The maximum atomic E-state index is 12.9. The Labute approximate surface area is 184 Å². The average Bonchev–Trinajstić information content (AvgIpc) is 2.70. The topological polar surface area (TPSA) is 104 Å². The Bertz CT molecular complexity index is 1060. The lowest BCUT2D eigenvalue weighted by molar-refractivity contribution is -0.120. The van der Waals surface area contributed by atoms with E-state index in [0.29, 0.717) is 35.7 Å². The number of nitrogens with one attached hydrogen (secondary N) is 1. The van der Waals surface area contributed by atoms with Gasteiger partial charge in [0.15, 0.2) is 0 Å². The Hall–Kier alpha value is -2.13. The van der Waals surface area contributed by atoms with Crippen LogP contribution >= 0.6 is 23.2 Å². The maximum absolute atomic E-state index is 12.9. The molecule has 1 aliphatic rings. The zero-order valence-corrected chi connectivity index (χ0v) is 18.2. The van der Waals surface area contributed by atoms with Gasteiger partial charge in [-0.1, -0.05) is 29.3 Å². The van der Waals surface area contributed by atoms with Gasteiger partial charge in [-0.2, -0.15) is 0 Å². The molecule has 0 aliphatic carbocycles. The van der Waals surface area contributed by atoms with Crippen LogP contribution in [0.4, 0.5) is 5.69 Å². The first kappa shape index (κ1) is 22.6. The predicted molar refractivity (Wildman–Crippen MR) is 115 cm³/mol. The van der Waals surface area contributed by atoms with Gasteiger partial charge in [0.2, 0.25) is 15.9 Å². The summed E-state index contributed by atoms with van der Waals surface area (Å²) in [5, 5.41) is 12.4. The van der Waals surface area contributed by atoms with Crippen LogP contribution in [0.15, 0.2) is 42.5 Å². The van der Waals surface area contributed by atoms with Gasteiger partial charge in [0.05, 0.1) is 17.2 Å². The Morgan fingerprint density at radius 2 is 1.83 bits per heavy atom. The van der Waals surface area contributed by atoms with E-state index in [2.05, 4.69) is 5.32 Å². The Morgan fingerprint density at radius 1 is 1.13 bits per heavy atom. The van der Waals surface area contributed by atoms with Gasteiger partial charge in [-0.3, -0.25) is 4.79 Å². The fourth-order valence-electron chi connectivity index (χ4n) is 3.28. The molecule has 7 nitrogen and oxygen atoms in total. The van der Waals surface area contributed by atoms with Crippen molar-refractivity contribution in [2.75, 3.05) is 18.4 Å². The lowest BCUT2D eigenvalue weighted by Gasteiger charge is -2.31. The number of carbonyl (C=O) groups excluding carboxylic acids is 1. The van der Waals surface area contributed by atoms with E-state index >= 15 is 0 Å². The van der Waals surface area contributed by atoms with Gasteiger partial charge in [-0.05, 0) is 54.8 Å². The predicted octanol–water partition coefficient (Wildman–Crippen LogP) is 3.87. The van der Waals surface area contributed by atoms with Crippen molar-refractivity contribution in [1.29, 1.82) is 0 Å². The minimum Gasteiger partial charge on any atom is -0.478 e. The third kappa shape index (κ3) is 5.51. The number of rotatable bonds is 6. The van der Waals surface area contributed by atoms with Crippen molar-refractivity contribution in [2.24, 2.45) is 5.92 Å². The second kappa shape index (κ2) is 9.34. The second-order valence-corrected chi connectivity index (χ2v) is 9.87. The summed E-state index contributed by atoms with van der Waals surface area (Å²) in [6.07, 6.45) is 1.12. The van der Waals surface area contributed by atoms with Crippen LogP contribution in [-0.4, -0.2) is 42.8 Å². The fourth-order valence-corrected chi connectivity index (χ4v) is 5.47. The number of aromatic carboxylic acids is 1. The van der Waals surface area contributed by atoms with E-state index in [1.54, 1.807) is 12.1 Å². The number of halogens is 2. The number of anilines is 1. The van der Waals surface area contributed by atoms with E-state index in [1.807, 2.05) is 0 Å². The number of carboxylic acid groups (broad SMARTS) is 1. The number of carbonyl (C=O) groups is 2. The van der Waals surface area contributed by atoms with Gasteiger partial charge >= 0.3 is 5.97 Å². The third-order valence-corrected chi connectivity index (χ3v) is 7.28. The number of sulfonamides is 1. The molecule has 2 N–H and O–H groups in total. The van der Waals surface area contributed by atoms with Crippen LogP contribution in [0.3, 0.4) is 0 Å². The molecule has 0 bridgehead atoms. The summed E-state index contributed by atoms with van der Waals surface area (Å²) in [6.45, 7) is 0.414. The number of nitrogens with zero attached hydrogens (tertiary/aromatic N) is 1. The second-order valence-electron chi connectivity index (χ2n) is 7.06. The molecule has 1 amide bonds. The molecule has 0 spiro atoms. The number of amides is 1. The number of piperidine rings is 1. The number of benzene rings is 2. The van der Waals surface area contributed by atoms with Gasteiger partial charge < -0.3 is 10.4 Å². The van der Waals surface area contributed by atoms with Gasteiger partial charge in [0, 0.05) is 28.8 Å². The van der Waals surface area contributed by atoms with E-state index in [0.717, 1.165) is 0 Å². The fraction of sp³-hybridized carbons (Fsp3) is 0.300. The highest BCUT2D eigenvalue weighted by molar-refractivity contribution is 7.88. The van der Waals surface area contributed by atoms with E-state index in [9.17, 15) is 18.0 Å². The Balaban J connectivity index is 1.66. The summed E-state index contributed by atoms with van der Waals surface area (Å²) in [4.78, 5) is 23.5. The molecular weight excluding hydrogens is 451 g/mol. The summed E-state index contributed by atoms with van der Waals surface area (Å²) in [5.74, 6) is -2.13. The lowest BCUT2D eigenvalue weighted by Crippen LogP contribution is -2.44. The van der Waals surface area contributed by atoms with Crippen molar-refractivity contribution < 1.29 is 23.1 Å². The van der Waals surface area contributed by atoms with E-state index < -0.39 is 21.9 Å². The highest BCUT2D eigenvalue weighted by Gasteiger charge is 2.32. The third-order valence-electron chi connectivity index (χ3n) is 4.90. The summed E-state index contributed by atoms with van der Waals surface area (Å²) in [6, 6.07) is 10.5. The highest BCUT2D eigenvalue weighted by atomic mass is 35.5. The van der Waals surface area contributed by atoms with Crippen LogP contribution in [0.2, 0.25) is 10.0 Å². The summed E-state index contributed by atoms with van der Waals surface area (Å²) in [5.41, 5.74) is 1.02. The van der Waals surface area contributed by atoms with E-state index in [1.165, 1.54) is 34.6 Å². The lowest BCUT2D eigenvalue weighted by atomic mass is 9.98. The summed E-state index contributed by atoms with van der Waals surface area (Å²) >= 11 is 12.0. The molecule has 1 heterocycles. The monoisotopic (exact) mass is 470 g/mol. The van der Waals surface area contributed by atoms with Crippen LogP contribution in [0.1, 0.15) is 28.8 Å². The van der Waals surface area contributed by atoms with E-state index in [-0.39, 0.29) is 28.8 Å². The average molecular weight is 471 g/mol. The summed E-state index contributed by atoms with van der Waals surface area (Å²) < 4.78 is 27.1. The molecule has 0 saturated carbocycles. The first-order valence-corrected chi connectivity index (χ1v) is 11.6. The molecular formula is C20H20Cl2N2O5S. The number of hydrogen-bond acceptors (Lipinski definition) is 4. The molecule has 160 valence electrons. The van der Waals surface area contributed by atoms with Crippen molar-refractivity contribution in [1.82, 2.24) is 4.31 Å². The van der Waals surface area contributed by atoms with Gasteiger partial charge in [0.1, 0.15) is 0 Å². The zero-order chi connectivity index (χ0) is 21.9. The molecule has 2 aromatic rings. The molecule has 1 atom stereocenters. The highest BCUT2D eigenvalue weighted by Crippen LogP contribution is 2.27. The van der Waals surface area contributed by atoms with Crippen LogP contribution in [0, 0.1) is 5.92 Å². The largest absolute Gasteiger partial charge is 0.478 e. The molecule has 3 rings (SSSR count). The zero-order valence-electron chi connectivity index (χ0n) is 15.8. The van der Waals surface area contributed by atoms with Gasteiger partial charge in [0.25, 0.3) is 0 Å². The normalized spacial score (nSPS) is 17.5. The Kier molecular flexibility index (Phi) is 7.02. The molecule has 2 aromatic carbocycles. The van der Waals surface area contributed by atoms with Gasteiger partial charge in [-0.25, -0.2) is 17.5 Å². The van der Waals surface area contributed by atoms with Crippen LogP contribution in [0.25, 0.3) is 0 Å². The first-order chi connectivity index (χ1) is 14.2. The molecule has 10 heteroatoms. The standard InChI is InChI=1S/C20H20Cl2N2O5S/c21-16-6-3-15(18(22)10-16)12-30(28,29)24-9-1-2-14(11-24)19(25)23-17-7-4-13(5-8-17)20(26)27/h3-8,10,14H,1-2,9,11-12H2,(H,23,25)(H,26,27). The number of carboxylic acids is 1. The van der Waals surface area contributed by atoms with Crippen molar-refractivity contribution in [3.63, 3.8) is 0 Å². The molecule has 1 saturated heterocycles. The molecule has 30 heavy (non-hydrogen) atoms. The summed E-state index contributed by atoms with van der Waals surface area (Å²) in [7, 11) is -3.67. The minimum absolute atomic E-state index is 0.0760. The van der Waals surface area contributed by atoms with Crippen LogP contribution < -0.4 is 5.32 Å². The van der Waals surface area contributed by atoms with Crippen molar-refractivity contribution >= 4 is 50.8 Å². The van der Waals surface area contributed by atoms with Crippen molar-refractivity contribution in [2.45, 2.75) is 18.6 Å². The Morgan fingerprint density at radius 3 is 2.47 bits per heavy atom. The van der Waals surface area contributed by atoms with Crippen LogP contribution in [-0.2, 0) is 20.6 Å². The maximum Gasteiger partial charge on any atom is 0.335 e. The molecule has 0 aromatic heterocycles. The smallest absolute Gasteiger partial charge is 0.335 e. The SMILES string of the molecule is O=C(O)c1ccc(NC(=O)C2CCCN(S(=O)(=O)Cc3ccc(Cl)cc3Cl)C2)cc1. The van der Waals surface area contributed by atoms with Crippen molar-refractivity contribution in [3.05, 3.63) is 63.6 Å². The van der Waals surface area contributed by atoms with E-state index in [4.69, 9.17) is 28.3 Å².